The third-order valence-electron chi connectivity index (χ3n) is 4.55. The number of hydrogen-bond donors (Lipinski definition) is 1. The number of ether oxygens (including phenoxy) is 1. The molecule has 0 unspecified atom stereocenters. The third-order valence-corrected chi connectivity index (χ3v) is 4.55. The molecule has 0 saturated heterocycles. The van der Waals surface area contributed by atoms with Crippen molar-refractivity contribution in [1.82, 2.24) is 10.2 Å². The highest BCUT2D eigenvalue weighted by atomic mass is 16.5. The average molecular weight is 380 g/mol. The molecule has 2 aromatic carbocycles. The standard InChI is InChI=1S/C23H28N2O3/c1-17(2)19-12-9-13-20(14-19)23(3,4)24-22(27)25(16-21(26)28-5)15-18-10-7-6-8-11-18/h6-14H,1,15-16H2,2-5H3,(H,24,27). The lowest BCUT2D eigenvalue weighted by Gasteiger charge is -2.31. The van der Waals surface area contributed by atoms with Crippen LogP contribution in [0, 0.1) is 0 Å². The number of nitrogens with one attached hydrogen (secondary N) is 1. The summed E-state index contributed by atoms with van der Waals surface area (Å²) < 4.78 is 4.76. The SMILES string of the molecule is C=C(C)c1cccc(C(C)(C)NC(=O)N(CC(=O)OC)Cc2ccccc2)c1. The van der Waals surface area contributed by atoms with Crippen LogP contribution in [0.5, 0.6) is 0 Å². The lowest BCUT2D eigenvalue weighted by molar-refractivity contribution is -0.141. The van der Waals surface area contributed by atoms with Gasteiger partial charge in [0.1, 0.15) is 6.54 Å². The first-order chi connectivity index (χ1) is 13.2. The highest BCUT2D eigenvalue weighted by Crippen LogP contribution is 2.24. The van der Waals surface area contributed by atoms with Crippen LogP contribution in [0.25, 0.3) is 5.57 Å². The molecule has 0 bridgehead atoms. The maximum Gasteiger partial charge on any atom is 0.325 e. The largest absolute Gasteiger partial charge is 0.468 e. The fourth-order valence-electron chi connectivity index (χ4n) is 2.82. The summed E-state index contributed by atoms with van der Waals surface area (Å²) in [6.45, 7) is 9.97. The number of methoxy groups -OCH3 is 1. The molecule has 0 aliphatic rings. The van der Waals surface area contributed by atoms with Gasteiger partial charge in [-0.25, -0.2) is 4.79 Å². The molecule has 5 nitrogen and oxygen atoms in total. The monoisotopic (exact) mass is 380 g/mol. The zero-order valence-corrected chi connectivity index (χ0v) is 17.0. The van der Waals surface area contributed by atoms with E-state index >= 15 is 0 Å². The maximum absolute atomic E-state index is 13.0. The van der Waals surface area contributed by atoms with Gasteiger partial charge in [0.05, 0.1) is 12.6 Å². The Morgan fingerprint density at radius 1 is 1.11 bits per heavy atom. The van der Waals surface area contributed by atoms with Gasteiger partial charge < -0.3 is 15.0 Å². The number of benzene rings is 2. The van der Waals surface area contributed by atoms with Crippen LogP contribution in [-0.4, -0.2) is 30.6 Å². The summed E-state index contributed by atoms with van der Waals surface area (Å²) in [5.41, 5.74) is 3.24. The van der Waals surface area contributed by atoms with Gasteiger partial charge in [0, 0.05) is 6.54 Å². The molecule has 5 heteroatoms. The molecule has 2 rings (SSSR count). The Labute approximate surface area is 167 Å². The Kier molecular flexibility index (Phi) is 6.99. The minimum atomic E-state index is -0.631. The smallest absolute Gasteiger partial charge is 0.325 e. The van der Waals surface area contributed by atoms with Crippen molar-refractivity contribution in [3.8, 4) is 0 Å². The van der Waals surface area contributed by atoms with E-state index < -0.39 is 11.5 Å². The summed E-state index contributed by atoms with van der Waals surface area (Å²) in [6, 6.07) is 17.1. The van der Waals surface area contributed by atoms with E-state index in [-0.39, 0.29) is 12.6 Å². The number of carbonyl (C=O) groups excluding carboxylic acids is 2. The summed E-state index contributed by atoms with van der Waals surface area (Å²) >= 11 is 0. The van der Waals surface area contributed by atoms with Crippen molar-refractivity contribution in [2.75, 3.05) is 13.7 Å². The highest BCUT2D eigenvalue weighted by Gasteiger charge is 2.27. The van der Waals surface area contributed by atoms with Gasteiger partial charge in [0.15, 0.2) is 0 Å². The summed E-state index contributed by atoms with van der Waals surface area (Å²) in [4.78, 5) is 26.3. The Hall–Kier alpha value is -3.08. The molecule has 2 amide bonds. The van der Waals surface area contributed by atoms with Crippen LogP contribution in [0.3, 0.4) is 0 Å². The topological polar surface area (TPSA) is 58.6 Å². The van der Waals surface area contributed by atoms with Crippen molar-refractivity contribution < 1.29 is 14.3 Å². The third kappa shape index (κ3) is 5.71. The molecule has 0 atom stereocenters. The number of hydrogen-bond acceptors (Lipinski definition) is 3. The molecular weight excluding hydrogens is 352 g/mol. The van der Waals surface area contributed by atoms with Crippen LogP contribution >= 0.6 is 0 Å². The van der Waals surface area contributed by atoms with Gasteiger partial charge in [0.2, 0.25) is 0 Å². The number of carbonyl (C=O) groups is 2. The summed E-state index contributed by atoms with van der Waals surface area (Å²) in [6.07, 6.45) is 0. The second kappa shape index (κ2) is 9.22. The van der Waals surface area contributed by atoms with Crippen molar-refractivity contribution in [2.45, 2.75) is 32.9 Å². The van der Waals surface area contributed by atoms with Crippen molar-refractivity contribution in [3.05, 3.63) is 77.9 Å². The molecule has 28 heavy (non-hydrogen) atoms. The summed E-state index contributed by atoms with van der Waals surface area (Å²) in [5.74, 6) is -0.465. The van der Waals surface area contributed by atoms with E-state index in [9.17, 15) is 9.59 Å². The van der Waals surface area contributed by atoms with E-state index in [1.807, 2.05) is 75.4 Å². The van der Waals surface area contributed by atoms with Crippen LogP contribution < -0.4 is 5.32 Å². The minimum absolute atomic E-state index is 0.126. The van der Waals surface area contributed by atoms with Gasteiger partial charge in [-0.3, -0.25) is 4.79 Å². The van der Waals surface area contributed by atoms with Crippen LogP contribution in [-0.2, 0) is 21.6 Å². The van der Waals surface area contributed by atoms with Crippen LogP contribution in [0.15, 0.2) is 61.2 Å². The fourth-order valence-corrected chi connectivity index (χ4v) is 2.82. The van der Waals surface area contributed by atoms with E-state index in [2.05, 4.69) is 11.9 Å². The van der Waals surface area contributed by atoms with Gasteiger partial charge >= 0.3 is 12.0 Å². The molecular formula is C23H28N2O3. The molecule has 0 radical (unpaired) electrons. The van der Waals surface area contributed by atoms with Crippen LogP contribution in [0.2, 0.25) is 0 Å². The van der Waals surface area contributed by atoms with Crippen molar-refractivity contribution in [1.29, 1.82) is 0 Å². The lowest BCUT2D eigenvalue weighted by Crippen LogP contribution is -2.49. The Morgan fingerprint density at radius 2 is 1.79 bits per heavy atom. The molecule has 0 saturated carbocycles. The Morgan fingerprint density at radius 3 is 2.39 bits per heavy atom. The van der Waals surface area contributed by atoms with Crippen molar-refractivity contribution in [3.63, 3.8) is 0 Å². The van der Waals surface area contributed by atoms with Crippen LogP contribution in [0.4, 0.5) is 4.79 Å². The molecule has 0 fully saturated rings. The normalized spacial score (nSPS) is 10.9. The number of urea groups is 1. The zero-order valence-electron chi connectivity index (χ0n) is 17.0. The van der Waals surface area contributed by atoms with E-state index in [1.54, 1.807) is 0 Å². The molecule has 1 N–H and O–H groups in total. The lowest BCUT2D eigenvalue weighted by atomic mass is 9.92. The van der Waals surface area contributed by atoms with Gasteiger partial charge in [-0.15, -0.1) is 0 Å². The number of nitrogens with zero attached hydrogens (tertiary/aromatic N) is 1. The number of allylic oxidation sites excluding steroid dienone is 1. The summed E-state index contributed by atoms with van der Waals surface area (Å²) in [7, 11) is 1.31. The average Bonchev–Trinajstić information content (AvgIpc) is 2.67. The first-order valence-corrected chi connectivity index (χ1v) is 9.17. The van der Waals surface area contributed by atoms with Gasteiger partial charge in [-0.2, -0.15) is 0 Å². The van der Waals surface area contributed by atoms with Crippen LogP contribution in [0.1, 0.15) is 37.5 Å². The molecule has 0 aliphatic carbocycles. The number of amides is 2. The minimum Gasteiger partial charge on any atom is -0.468 e. The van der Waals surface area contributed by atoms with E-state index in [0.717, 1.165) is 22.3 Å². The zero-order chi connectivity index (χ0) is 20.7. The highest BCUT2D eigenvalue weighted by molar-refractivity contribution is 5.81. The molecule has 148 valence electrons. The number of esters is 1. The quantitative estimate of drug-likeness (QED) is 0.727. The van der Waals surface area contributed by atoms with Gasteiger partial charge in [-0.1, -0.05) is 60.7 Å². The molecule has 0 spiro atoms. The van der Waals surface area contributed by atoms with Gasteiger partial charge in [0.25, 0.3) is 0 Å². The first-order valence-electron chi connectivity index (χ1n) is 9.17. The Balaban J connectivity index is 2.21. The maximum atomic E-state index is 13.0. The van der Waals surface area contributed by atoms with Crippen molar-refractivity contribution >= 4 is 17.6 Å². The number of rotatable bonds is 7. The van der Waals surface area contributed by atoms with E-state index in [1.165, 1.54) is 12.0 Å². The second-order valence-corrected chi connectivity index (χ2v) is 7.33. The molecule has 0 aliphatic heterocycles. The first kappa shape index (κ1) is 21.2. The molecule has 2 aromatic rings. The van der Waals surface area contributed by atoms with E-state index in [4.69, 9.17) is 4.74 Å². The summed E-state index contributed by atoms with van der Waals surface area (Å²) in [5, 5.41) is 3.04. The fraction of sp³-hybridized carbons (Fsp3) is 0.304. The van der Waals surface area contributed by atoms with Crippen molar-refractivity contribution in [2.24, 2.45) is 0 Å². The van der Waals surface area contributed by atoms with Gasteiger partial charge in [-0.05, 0) is 43.5 Å². The predicted molar refractivity (Wildman–Crippen MR) is 112 cm³/mol. The Bertz CT molecular complexity index is 844. The predicted octanol–water partition coefficient (Wildman–Crippen LogP) is 4.34. The second-order valence-electron chi connectivity index (χ2n) is 7.33. The van der Waals surface area contributed by atoms with E-state index in [0.29, 0.717) is 6.54 Å². The molecule has 0 aromatic heterocycles. The molecule has 0 heterocycles.